The van der Waals surface area contributed by atoms with E-state index in [1.807, 2.05) is 42.5 Å². The fraction of sp³-hybridized carbons (Fsp3) is 0.273. The number of nitrogens with zero attached hydrogens (tertiary/aromatic N) is 3. The summed E-state index contributed by atoms with van der Waals surface area (Å²) in [6.07, 6.45) is 0.318. The first-order valence-corrected chi connectivity index (χ1v) is 10.2. The summed E-state index contributed by atoms with van der Waals surface area (Å²) in [7, 11) is 1.62. The Morgan fingerprint density at radius 3 is 2.61 bits per heavy atom. The van der Waals surface area contributed by atoms with Gasteiger partial charge >= 0.3 is 0 Å². The van der Waals surface area contributed by atoms with Crippen LogP contribution in [0.25, 0.3) is 0 Å². The highest BCUT2D eigenvalue weighted by Crippen LogP contribution is 2.42. The van der Waals surface area contributed by atoms with E-state index in [0.717, 1.165) is 28.8 Å². The van der Waals surface area contributed by atoms with Gasteiger partial charge in [-0.3, -0.25) is 14.6 Å². The van der Waals surface area contributed by atoms with E-state index >= 15 is 0 Å². The number of ether oxygens (including phenoxy) is 1. The molecular weight excluding hydrogens is 370 g/mol. The maximum atomic E-state index is 12.9. The van der Waals surface area contributed by atoms with Gasteiger partial charge in [-0.15, -0.1) is 0 Å². The smallest absolute Gasteiger partial charge is 0.229 e. The Balaban J connectivity index is 1.58. The van der Waals surface area contributed by atoms with Crippen LogP contribution in [-0.2, 0) is 11.3 Å². The zero-order valence-corrected chi connectivity index (χ0v) is 16.5. The highest BCUT2D eigenvalue weighted by molar-refractivity contribution is 8.03. The first-order valence-electron chi connectivity index (χ1n) is 9.17. The summed E-state index contributed by atoms with van der Waals surface area (Å²) in [5.41, 5.74) is 2.89. The molecule has 1 amide bonds. The predicted molar refractivity (Wildman–Crippen MR) is 109 cm³/mol. The average Bonchev–Trinajstić information content (AvgIpc) is 2.75. The second-order valence-electron chi connectivity index (χ2n) is 6.91. The molecule has 0 saturated carbocycles. The molecule has 0 spiro atoms. The molecule has 5 nitrogen and oxygen atoms in total. The Morgan fingerprint density at radius 2 is 1.93 bits per heavy atom. The van der Waals surface area contributed by atoms with Crippen LogP contribution >= 0.6 is 11.8 Å². The molecule has 1 fully saturated rings. The number of thioether (sulfide) groups is 1. The molecule has 142 valence electrons. The number of fused-ring (bicyclic) bond motifs is 1. The van der Waals surface area contributed by atoms with Gasteiger partial charge in [-0.1, -0.05) is 54.2 Å². The monoisotopic (exact) mass is 391 g/mol. The average molecular weight is 391 g/mol. The molecule has 0 aromatic heterocycles. The number of amides is 1. The highest BCUT2D eigenvalue weighted by atomic mass is 32.2. The molecular formula is C22H21N3O2S. The third-order valence-corrected chi connectivity index (χ3v) is 6.32. The Morgan fingerprint density at radius 1 is 1.18 bits per heavy atom. The lowest BCUT2D eigenvalue weighted by Gasteiger charge is -2.41. The molecule has 28 heavy (non-hydrogen) atoms. The fourth-order valence-electron chi connectivity index (χ4n) is 3.67. The van der Waals surface area contributed by atoms with Crippen LogP contribution in [0.5, 0.6) is 5.75 Å². The fourth-order valence-corrected chi connectivity index (χ4v) is 4.81. The lowest BCUT2D eigenvalue weighted by atomic mass is 9.86. The normalized spacial score (nSPS) is 19.9. The van der Waals surface area contributed by atoms with Gasteiger partial charge in [0.2, 0.25) is 5.91 Å². The summed E-state index contributed by atoms with van der Waals surface area (Å²) in [4.78, 5) is 16.9. The zero-order chi connectivity index (χ0) is 19.5. The van der Waals surface area contributed by atoms with Crippen LogP contribution in [0.4, 0.5) is 0 Å². The summed E-state index contributed by atoms with van der Waals surface area (Å²) >= 11 is 1.58. The summed E-state index contributed by atoms with van der Waals surface area (Å²) in [5, 5.41) is 10.7. The van der Waals surface area contributed by atoms with E-state index in [2.05, 4.69) is 23.1 Å². The minimum absolute atomic E-state index is 0.0695. The van der Waals surface area contributed by atoms with Gasteiger partial charge in [0.15, 0.2) is 0 Å². The van der Waals surface area contributed by atoms with Crippen LogP contribution in [0.1, 0.15) is 23.5 Å². The molecule has 0 bridgehead atoms. The van der Waals surface area contributed by atoms with Gasteiger partial charge in [-0.25, -0.2) is 0 Å². The quantitative estimate of drug-likeness (QED) is 0.791. The van der Waals surface area contributed by atoms with Crippen molar-refractivity contribution in [1.82, 2.24) is 9.80 Å². The predicted octanol–water partition coefficient (Wildman–Crippen LogP) is 3.91. The number of rotatable bonds is 4. The van der Waals surface area contributed by atoms with Crippen LogP contribution in [0, 0.1) is 11.3 Å². The third kappa shape index (κ3) is 3.64. The van der Waals surface area contributed by atoms with E-state index in [9.17, 15) is 10.1 Å². The van der Waals surface area contributed by atoms with Crippen LogP contribution in [0.2, 0.25) is 0 Å². The van der Waals surface area contributed by atoms with Crippen molar-refractivity contribution in [3.63, 3.8) is 0 Å². The van der Waals surface area contributed by atoms with E-state index in [0.29, 0.717) is 18.7 Å². The number of nitriles is 1. The molecule has 2 aromatic carbocycles. The van der Waals surface area contributed by atoms with Gasteiger partial charge in [-0.05, 0) is 23.3 Å². The number of allylic oxidation sites excluding steroid dienone is 1. The van der Waals surface area contributed by atoms with Crippen molar-refractivity contribution in [2.45, 2.75) is 18.9 Å². The molecule has 0 unspecified atom stereocenters. The number of methoxy groups -OCH3 is 1. The number of benzene rings is 2. The number of hydrogen-bond donors (Lipinski definition) is 0. The van der Waals surface area contributed by atoms with Gasteiger partial charge < -0.3 is 4.74 Å². The second kappa shape index (κ2) is 8.09. The summed E-state index contributed by atoms with van der Waals surface area (Å²) in [5.74, 6) is 1.40. The Hall–Kier alpha value is -2.75. The first-order chi connectivity index (χ1) is 13.7. The summed E-state index contributed by atoms with van der Waals surface area (Å²) < 4.78 is 5.22. The molecule has 1 saturated heterocycles. The van der Waals surface area contributed by atoms with Gasteiger partial charge in [0.05, 0.1) is 36.3 Å². The standard InChI is InChI=1S/C22H21N3O2S/c1-27-18-9-7-17(8-10-18)19-11-21(26)25-14-24(13-16-5-3-2-4-6-16)15-28-22(25)20(19)12-23/h2-10,19H,11,13-15H2,1H3/t19-/m1/s1. The molecule has 0 aliphatic carbocycles. The molecule has 2 heterocycles. The number of carbonyl (C=O) groups is 1. The summed E-state index contributed by atoms with van der Waals surface area (Å²) in [6, 6.07) is 20.3. The lowest BCUT2D eigenvalue weighted by molar-refractivity contribution is -0.131. The van der Waals surface area contributed by atoms with Crippen molar-refractivity contribution in [1.29, 1.82) is 5.26 Å². The molecule has 2 aliphatic heterocycles. The maximum Gasteiger partial charge on any atom is 0.229 e. The molecule has 0 radical (unpaired) electrons. The van der Waals surface area contributed by atoms with Crippen molar-refractivity contribution in [2.24, 2.45) is 0 Å². The topological polar surface area (TPSA) is 56.6 Å². The van der Waals surface area contributed by atoms with Crippen LogP contribution in [0.3, 0.4) is 0 Å². The van der Waals surface area contributed by atoms with Crippen molar-refractivity contribution >= 4 is 17.7 Å². The van der Waals surface area contributed by atoms with Gasteiger partial charge in [-0.2, -0.15) is 5.26 Å². The van der Waals surface area contributed by atoms with Crippen LogP contribution in [0.15, 0.2) is 65.2 Å². The van der Waals surface area contributed by atoms with Crippen LogP contribution in [-0.4, -0.2) is 35.4 Å². The molecule has 6 heteroatoms. The van der Waals surface area contributed by atoms with E-state index in [1.54, 1.807) is 23.8 Å². The van der Waals surface area contributed by atoms with Crippen molar-refractivity contribution < 1.29 is 9.53 Å². The zero-order valence-electron chi connectivity index (χ0n) is 15.7. The third-order valence-electron chi connectivity index (χ3n) is 5.12. The van der Waals surface area contributed by atoms with Crippen molar-refractivity contribution in [2.75, 3.05) is 19.7 Å². The summed E-state index contributed by atoms with van der Waals surface area (Å²) in [6.45, 7) is 1.31. The maximum absolute atomic E-state index is 12.9. The van der Waals surface area contributed by atoms with E-state index in [4.69, 9.17) is 4.74 Å². The van der Waals surface area contributed by atoms with Crippen molar-refractivity contribution in [3.8, 4) is 11.8 Å². The minimum Gasteiger partial charge on any atom is -0.497 e. The number of carbonyl (C=O) groups excluding carboxylic acids is 1. The molecule has 1 atom stereocenters. The first kappa shape index (κ1) is 18.6. The lowest BCUT2D eigenvalue weighted by Crippen LogP contribution is -2.46. The van der Waals surface area contributed by atoms with E-state index < -0.39 is 0 Å². The van der Waals surface area contributed by atoms with E-state index in [-0.39, 0.29) is 11.8 Å². The molecule has 0 N–H and O–H groups in total. The van der Waals surface area contributed by atoms with Crippen molar-refractivity contribution in [3.05, 3.63) is 76.3 Å². The van der Waals surface area contributed by atoms with Crippen LogP contribution < -0.4 is 4.74 Å². The highest BCUT2D eigenvalue weighted by Gasteiger charge is 2.38. The van der Waals surface area contributed by atoms with E-state index in [1.165, 1.54) is 5.56 Å². The molecule has 4 rings (SSSR count). The Kier molecular flexibility index (Phi) is 5.38. The Bertz CT molecular complexity index is 935. The molecule has 2 aliphatic rings. The van der Waals surface area contributed by atoms with Gasteiger partial charge in [0.25, 0.3) is 0 Å². The number of hydrogen-bond acceptors (Lipinski definition) is 5. The van der Waals surface area contributed by atoms with Gasteiger partial charge in [0, 0.05) is 18.9 Å². The minimum atomic E-state index is -0.192. The van der Waals surface area contributed by atoms with Gasteiger partial charge in [0.1, 0.15) is 5.75 Å². The second-order valence-corrected chi connectivity index (χ2v) is 7.85. The SMILES string of the molecule is COc1ccc([C@H]2CC(=O)N3CN(Cc4ccccc4)CSC3=C2C#N)cc1. The molecule has 2 aromatic rings. The largest absolute Gasteiger partial charge is 0.497 e. The Labute approximate surface area is 169 Å².